The van der Waals surface area contributed by atoms with Gasteiger partial charge in [-0.05, 0) is 48.7 Å². The summed E-state index contributed by atoms with van der Waals surface area (Å²) in [7, 11) is 0. The lowest BCUT2D eigenvalue weighted by Gasteiger charge is -2.44. The quantitative estimate of drug-likeness (QED) is 0.506. The normalized spacial score (nSPS) is 21.2. The van der Waals surface area contributed by atoms with Crippen molar-refractivity contribution in [2.24, 2.45) is 0 Å². The number of hydrogen-bond acceptors (Lipinski definition) is 3. The van der Waals surface area contributed by atoms with Gasteiger partial charge in [0.05, 0.1) is 13.2 Å². The van der Waals surface area contributed by atoms with Crippen molar-refractivity contribution in [2.75, 3.05) is 13.1 Å². The van der Waals surface area contributed by atoms with Gasteiger partial charge in [-0.3, -0.25) is 0 Å². The number of aryl methyl sites for hydroxylation is 1. The van der Waals surface area contributed by atoms with Gasteiger partial charge >= 0.3 is 0 Å². The van der Waals surface area contributed by atoms with E-state index in [0.717, 1.165) is 17.7 Å². The van der Waals surface area contributed by atoms with E-state index in [1.807, 2.05) is 60.7 Å². The molecule has 3 aromatic carbocycles. The van der Waals surface area contributed by atoms with Crippen molar-refractivity contribution in [3.05, 3.63) is 106 Å². The van der Waals surface area contributed by atoms with Crippen LogP contribution in [0.2, 0.25) is 5.02 Å². The van der Waals surface area contributed by atoms with E-state index in [-0.39, 0.29) is 18.5 Å². The molecule has 1 aliphatic heterocycles. The van der Waals surface area contributed by atoms with Crippen molar-refractivity contribution < 1.29 is 13.9 Å². The van der Waals surface area contributed by atoms with Gasteiger partial charge < -0.3 is 14.8 Å². The van der Waals surface area contributed by atoms with Crippen molar-refractivity contribution in [3.63, 3.8) is 0 Å². The van der Waals surface area contributed by atoms with Gasteiger partial charge in [0.2, 0.25) is 0 Å². The molecular weight excluding hydrogens is 413 g/mol. The molecule has 0 spiro atoms. The minimum Gasteiger partial charge on any atom is -0.369 e. The van der Waals surface area contributed by atoms with Crippen molar-refractivity contribution in [1.82, 2.24) is 5.32 Å². The molecule has 31 heavy (non-hydrogen) atoms. The lowest BCUT2D eigenvalue weighted by molar-refractivity contribution is -0.176. The lowest BCUT2D eigenvalue weighted by Crippen LogP contribution is -2.54. The second-order valence-corrected chi connectivity index (χ2v) is 8.41. The molecule has 1 fully saturated rings. The van der Waals surface area contributed by atoms with Crippen LogP contribution in [0.25, 0.3) is 0 Å². The number of ether oxygens (including phenoxy) is 2. The average Bonchev–Trinajstić information content (AvgIpc) is 2.80. The molecule has 3 aromatic rings. The Labute approximate surface area is 188 Å². The smallest absolute Gasteiger partial charge is 0.131 e. The largest absolute Gasteiger partial charge is 0.369 e. The molecule has 1 saturated heterocycles. The Morgan fingerprint density at radius 3 is 2.55 bits per heavy atom. The Balaban J connectivity index is 1.64. The van der Waals surface area contributed by atoms with Crippen molar-refractivity contribution in [2.45, 2.75) is 38.3 Å². The number of piperidine rings is 1. The molecule has 162 valence electrons. The zero-order valence-electron chi connectivity index (χ0n) is 17.6. The summed E-state index contributed by atoms with van der Waals surface area (Å²) in [5.74, 6) is -0.218. The third kappa shape index (κ3) is 4.99. The van der Waals surface area contributed by atoms with E-state index in [1.54, 1.807) is 19.1 Å². The molecule has 0 aliphatic carbocycles. The SMILES string of the molecule is Cc1cccc(CO[C@]2(c3ccc(Cl)cc3)CCNC[C@@H]2OCc2ccccc2)c1F. The molecule has 0 amide bonds. The summed E-state index contributed by atoms with van der Waals surface area (Å²) in [5, 5.41) is 4.09. The van der Waals surface area contributed by atoms with E-state index < -0.39 is 5.60 Å². The van der Waals surface area contributed by atoms with Crippen LogP contribution in [0.4, 0.5) is 4.39 Å². The first-order valence-corrected chi connectivity index (χ1v) is 11.0. The summed E-state index contributed by atoms with van der Waals surface area (Å²) in [4.78, 5) is 0. The maximum Gasteiger partial charge on any atom is 0.131 e. The van der Waals surface area contributed by atoms with Gasteiger partial charge in [-0.25, -0.2) is 4.39 Å². The zero-order valence-corrected chi connectivity index (χ0v) is 18.4. The Bertz CT molecular complexity index is 996. The van der Waals surface area contributed by atoms with E-state index in [1.165, 1.54) is 0 Å². The predicted octanol–water partition coefficient (Wildman–Crippen LogP) is 5.78. The number of hydrogen-bond donors (Lipinski definition) is 1. The summed E-state index contributed by atoms with van der Waals surface area (Å²) in [6.07, 6.45) is 0.470. The van der Waals surface area contributed by atoms with Gasteiger partial charge in [0, 0.05) is 17.1 Å². The fourth-order valence-electron chi connectivity index (χ4n) is 4.13. The molecule has 1 heterocycles. The molecule has 1 N–H and O–H groups in total. The Hall–Kier alpha value is -2.24. The Morgan fingerprint density at radius 1 is 1.00 bits per heavy atom. The molecule has 2 atom stereocenters. The van der Waals surface area contributed by atoms with Crippen LogP contribution < -0.4 is 5.32 Å². The molecule has 0 radical (unpaired) electrons. The highest BCUT2D eigenvalue weighted by molar-refractivity contribution is 6.30. The highest BCUT2D eigenvalue weighted by Crippen LogP contribution is 2.39. The number of nitrogens with one attached hydrogen (secondary N) is 1. The number of rotatable bonds is 7. The molecule has 4 rings (SSSR count). The second-order valence-electron chi connectivity index (χ2n) is 7.97. The summed E-state index contributed by atoms with van der Waals surface area (Å²) in [6.45, 7) is 3.84. The maximum atomic E-state index is 14.7. The van der Waals surface area contributed by atoms with Crippen molar-refractivity contribution in [1.29, 1.82) is 0 Å². The van der Waals surface area contributed by atoms with Gasteiger partial charge in [-0.2, -0.15) is 0 Å². The van der Waals surface area contributed by atoms with Gasteiger partial charge in [0.1, 0.15) is 17.5 Å². The molecule has 0 unspecified atom stereocenters. The first kappa shape index (κ1) is 22.0. The van der Waals surface area contributed by atoms with Crippen LogP contribution in [-0.2, 0) is 28.3 Å². The van der Waals surface area contributed by atoms with Crippen molar-refractivity contribution in [3.8, 4) is 0 Å². The van der Waals surface area contributed by atoms with Gasteiger partial charge in [-0.15, -0.1) is 0 Å². The topological polar surface area (TPSA) is 30.5 Å². The predicted molar refractivity (Wildman–Crippen MR) is 122 cm³/mol. The van der Waals surface area contributed by atoms with E-state index in [2.05, 4.69) is 5.32 Å². The third-order valence-electron chi connectivity index (χ3n) is 5.91. The summed E-state index contributed by atoms with van der Waals surface area (Å²) in [5.41, 5.74) is 2.55. The van der Waals surface area contributed by atoms with E-state index in [4.69, 9.17) is 21.1 Å². The lowest BCUT2D eigenvalue weighted by atomic mass is 9.82. The molecule has 3 nitrogen and oxygen atoms in total. The van der Waals surface area contributed by atoms with Crippen LogP contribution in [0.5, 0.6) is 0 Å². The van der Waals surface area contributed by atoms with Crippen LogP contribution in [-0.4, -0.2) is 19.2 Å². The monoisotopic (exact) mass is 439 g/mol. The Kier molecular flexibility index (Phi) is 7.03. The van der Waals surface area contributed by atoms with Crippen LogP contribution in [0.3, 0.4) is 0 Å². The summed E-state index contributed by atoms with van der Waals surface area (Å²) in [6, 6.07) is 23.2. The minimum absolute atomic E-state index is 0.168. The van der Waals surface area contributed by atoms with E-state index in [0.29, 0.717) is 35.7 Å². The fraction of sp³-hybridized carbons (Fsp3) is 0.308. The van der Waals surface area contributed by atoms with Crippen LogP contribution >= 0.6 is 11.6 Å². The maximum absolute atomic E-state index is 14.7. The standard InChI is InChI=1S/C26H27ClFNO2/c1-19-6-5-9-21(25(19)28)18-31-26(22-10-12-23(27)13-11-22)14-15-29-16-24(26)30-17-20-7-3-2-4-8-20/h2-13,24,29H,14-18H2,1H3/t24-,26-/m0/s1. The number of benzene rings is 3. The summed E-state index contributed by atoms with van der Waals surface area (Å²) >= 11 is 6.15. The summed E-state index contributed by atoms with van der Waals surface area (Å²) < 4.78 is 27.6. The minimum atomic E-state index is -0.708. The molecule has 0 aromatic heterocycles. The number of halogens is 2. The van der Waals surface area contributed by atoms with Gasteiger partial charge in [0.25, 0.3) is 0 Å². The van der Waals surface area contributed by atoms with E-state index in [9.17, 15) is 4.39 Å². The molecule has 5 heteroatoms. The molecule has 1 aliphatic rings. The van der Waals surface area contributed by atoms with Crippen LogP contribution in [0.1, 0.15) is 28.7 Å². The van der Waals surface area contributed by atoms with Gasteiger partial charge in [0.15, 0.2) is 0 Å². The molecule has 0 bridgehead atoms. The van der Waals surface area contributed by atoms with Gasteiger partial charge in [-0.1, -0.05) is 72.3 Å². The van der Waals surface area contributed by atoms with Crippen molar-refractivity contribution >= 4 is 11.6 Å². The third-order valence-corrected chi connectivity index (χ3v) is 6.16. The second kappa shape index (κ2) is 9.92. The molecular formula is C26H27ClFNO2. The first-order valence-electron chi connectivity index (χ1n) is 10.6. The molecule has 0 saturated carbocycles. The van der Waals surface area contributed by atoms with E-state index >= 15 is 0 Å². The highest BCUT2D eigenvalue weighted by atomic mass is 35.5. The zero-order chi connectivity index (χ0) is 21.7. The Morgan fingerprint density at radius 2 is 1.77 bits per heavy atom. The highest BCUT2D eigenvalue weighted by Gasteiger charge is 2.44. The average molecular weight is 440 g/mol. The van der Waals surface area contributed by atoms with Crippen LogP contribution in [0.15, 0.2) is 72.8 Å². The van der Waals surface area contributed by atoms with Crippen LogP contribution in [0, 0.1) is 12.7 Å². The fourth-order valence-corrected chi connectivity index (χ4v) is 4.26. The first-order chi connectivity index (χ1) is 15.1.